The molecule has 72 valence electrons. The van der Waals surface area contributed by atoms with E-state index in [1.807, 2.05) is 6.92 Å². The van der Waals surface area contributed by atoms with Gasteiger partial charge in [-0.2, -0.15) is 0 Å². The fourth-order valence-corrected chi connectivity index (χ4v) is 1.52. The van der Waals surface area contributed by atoms with E-state index in [-0.39, 0.29) is 12.1 Å². The number of rotatable bonds is 1. The summed E-state index contributed by atoms with van der Waals surface area (Å²) in [5.74, 6) is 0. The number of nitrogens with zero attached hydrogens (tertiary/aromatic N) is 4. The lowest BCUT2D eigenvalue weighted by Crippen LogP contribution is -2.46. The largest absolute Gasteiger partial charge is 0.465 e. The molecule has 1 saturated heterocycles. The number of azide groups is 1. The fraction of sp³-hybridized carbons (Fsp3) is 0.857. The average molecular weight is 184 g/mol. The molecule has 13 heavy (non-hydrogen) atoms. The van der Waals surface area contributed by atoms with Crippen molar-refractivity contribution in [2.75, 3.05) is 6.54 Å². The Hall–Kier alpha value is -1.42. The van der Waals surface area contributed by atoms with E-state index in [0.717, 1.165) is 12.8 Å². The Labute approximate surface area is 75.8 Å². The summed E-state index contributed by atoms with van der Waals surface area (Å²) in [5, 5.41) is 12.3. The van der Waals surface area contributed by atoms with Crippen molar-refractivity contribution in [1.82, 2.24) is 4.90 Å². The van der Waals surface area contributed by atoms with Gasteiger partial charge in [-0.25, -0.2) is 4.79 Å². The molecule has 2 atom stereocenters. The lowest BCUT2D eigenvalue weighted by Gasteiger charge is -2.34. The first kappa shape index (κ1) is 9.67. The quantitative estimate of drug-likeness (QED) is 0.382. The molecule has 1 rings (SSSR count). The summed E-state index contributed by atoms with van der Waals surface area (Å²) < 4.78 is 0. The molecule has 0 saturated carbocycles. The molecule has 0 spiro atoms. The van der Waals surface area contributed by atoms with Gasteiger partial charge in [0.05, 0.1) is 6.04 Å². The van der Waals surface area contributed by atoms with Gasteiger partial charge in [0.1, 0.15) is 0 Å². The predicted octanol–water partition coefficient (Wildman–Crippen LogP) is 1.83. The van der Waals surface area contributed by atoms with Crippen LogP contribution < -0.4 is 0 Å². The summed E-state index contributed by atoms with van der Waals surface area (Å²) in [6.07, 6.45) is 0.593. The van der Waals surface area contributed by atoms with Crippen LogP contribution in [0.2, 0.25) is 0 Å². The molecule has 0 radical (unpaired) electrons. The molecule has 0 unspecified atom stereocenters. The molecule has 1 aliphatic heterocycles. The predicted molar refractivity (Wildman–Crippen MR) is 46.4 cm³/mol. The Kier molecular flexibility index (Phi) is 2.97. The Morgan fingerprint density at radius 3 is 2.92 bits per heavy atom. The van der Waals surface area contributed by atoms with Crippen molar-refractivity contribution < 1.29 is 9.90 Å². The third kappa shape index (κ3) is 2.26. The van der Waals surface area contributed by atoms with E-state index < -0.39 is 6.09 Å². The normalized spacial score (nSPS) is 27.9. The van der Waals surface area contributed by atoms with Crippen LogP contribution in [0.1, 0.15) is 19.8 Å². The van der Waals surface area contributed by atoms with Gasteiger partial charge < -0.3 is 10.0 Å². The molecule has 6 heteroatoms. The summed E-state index contributed by atoms with van der Waals surface area (Å²) in [4.78, 5) is 14.7. The van der Waals surface area contributed by atoms with Gasteiger partial charge in [0.25, 0.3) is 0 Å². The van der Waals surface area contributed by atoms with Crippen LogP contribution in [0.4, 0.5) is 4.79 Å². The van der Waals surface area contributed by atoms with Crippen molar-refractivity contribution in [2.45, 2.75) is 31.8 Å². The van der Waals surface area contributed by atoms with Gasteiger partial charge >= 0.3 is 6.09 Å². The molecular formula is C7H12N4O2. The van der Waals surface area contributed by atoms with Crippen molar-refractivity contribution >= 4 is 6.09 Å². The second kappa shape index (κ2) is 4.00. The minimum absolute atomic E-state index is 0.0302. The van der Waals surface area contributed by atoms with Crippen LogP contribution in [0.5, 0.6) is 0 Å². The number of hydrogen-bond donors (Lipinski definition) is 1. The smallest absolute Gasteiger partial charge is 0.407 e. The van der Waals surface area contributed by atoms with E-state index in [1.54, 1.807) is 0 Å². The van der Waals surface area contributed by atoms with Crippen molar-refractivity contribution in [3.63, 3.8) is 0 Å². The standard InChI is InChI=1S/C7H12N4O2/c1-5-2-3-6(9-10-8)4-11(5)7(12)13/h5-6H,2-4H2,1H3,(H,12,13)/t5-,6+/m0/s1. The molecule has 0 aromatic rings. The van der Waals surface area contributed by atoms with E-state index >= 15 is 0 Å². The Bertz CT molecular complexity index is 249. The highest BCUT2D eigenvalue weighted by Gasteiger charge is 2.27. The Balaban J connectivity index is 2.62. The number of hydrogen-bond acceptors (Lipinski definition) is 2. The first-order valence-electron chi connectivity index (χ1n) is 4.19. The highest BCUT2D eigenvalue weighted by molar-refractivity contribution is 5.65. The van der Waals surface area contributed by atoms with Crippen LogP contribution in [0.15, 0.2) is 5.11 Å². The highest BCUT2D eigenvalue weighted by atomic mass is 16.4. The van der Waals surface area contributed by atoms with Crippen molar-refractivity contribution in [3.05, 3.63) is 10.4 Å². The first-order valence-corrected chi connectivity index (χ1v) is 4.19. The summed E-state index contributed by atoms with van der Waals surface area (Å²) >= 11 is 0. The summed E-state index contributed by atoms with van der Waals surface area (Å²) in [6, 6.07) is -0.167. The van der Waals surface area contributed by atoms with Gasteiger partial charge in [-0.05, 0) is 25.3 Å². The highest BCUT2D eigenvalue weighted by Crippen LogP contribution is 2.19. The summed E-state index contributed by atoms with van der Waals surface area (Å²) in [7, 11) is 0. The van der Waals surface area contributed by atoms with Gasteiger partial charge in [-0.3, -0.25) is 0 Å². The maximum absolute atomic E-state index is 10.7. The molecule has 1 heterocycles. The zero-order valence-corrected chi connectivity index (χ0v) is 7.42. The molecule has 0 aliphatic carbocycles. The van der Waals surface area contributed by atoms with Crippen LogP contribution in [-0.4, -0.2) is 34.7 Å². The maximum Gasteiger partial charge on any atom is 0.407 e. The van der Waals surface area contributed by atoms with Crippen LogP contribution in [0.25, 0.3) is 10.4 Å². The van der Waals surface area contributed by atoms with Crippen molar-refractivity contribution in [1.29, 1.82) is 0 Å². The second-order valence-electron chi connectivity index (χ2n) is 3.22. The molecule has 0 aromatic heterocycles. The molecule has 1 amide bonds. The average Bonchev–Trinajstić information content (AvgIpc) is 2.08. The Morgan fingerprint density at radius 1 is 1.69 bits per heavy atom. The third-order valence-electron chi connectivity index (χ3n) is 2.32. The monoisotopic (exact) mass is 184 g/mol. The zero-order chi connectivity index (χ0) is 9.84. The van der Waals surface area contributed by atoms with Gasteiger partial charge in [0, 0.05) is 17.5 Å². The van der Waals surface area contributed by atoms with Gasteiger partial charge in [0.15, 0.2) is 0 Å². The van der Waals surface area contributed by atoms with Crippen LogP contribution in [0.3, 0.4) is 0 Å². The molecular weight excluding hydrogens is 172 g/mol. The Morgan fingerprint density at radius 2 is 2.38 bits per heavy atom. The maximum atomic E-state index is 10.7. The number of likely N-dealkylation sites (tertiary alicyclic amines) is 1. The lowest BCUT2D eigenvalue weighted by atomic mass is 10.0. The van der Waals surface area contributed by atoms with Crippen molar-refractivity contribution in [3.8, 4) is 0 Å². The van der Waals surface area contributed by atoms with E-state index in [0.29, 0.717) is 6.54 Å². The van der Waals surface area contributed by atoms with Crippen LogP contribution >= 0.6 is 0 Å². The third-order valence-corrected chi connectivity index (χ3v) is 2.32. The summed E-state index contributed by atoms with van der Waals surface area (Å²) in [5.41, 5.74) is 8.20. The molecule has 0 aromatic carbocycles. The molecule has 1 N–H and O–H groups in total. The zero-order valence-electron chi connectivity index (χ0n) is 7.42. The second-order valence-corrected chi connectivity index (χ2v) is 3.22. The number of amides is 1. The van der Waals surface area contributed by atoms with E-state index in [2.05, 4.69) is 10.0 Å². The van der Waals surface area contributed by atoms with Crippen molar-refractivity contribution in [2.24, 2.45) is 5.11 Å². The van der Waals surface area contributed by atoms with Crippen LogP contribution in [0, 0.1) is 0 Å². The molecule has 6 nitrogen and oxygen atoms in total. The molecule has 0 bridgehead atoms. The van der Waals surface area contributed by atoms with Gasteiger partial charge in [-0.15, -0.1) is 0 Å². The first-order chi connectivity index (χ1) is 6.15. The van der Waals surface area contributed by atoms with E-state index in [4.69, 9.17) is 10.6 Å². The minimum Gasteiger partial charge on any atom is -0.465 e. The van der Waals surface area contributed by atoms with E-state index in [1.165, 1.54) is 4.90 Å². The summed E-state index contributed by atoms with van der Waals surface area (Å²) in [6.45, 7) is 2.18. The molecule has 1 fully saturated rings. The SMILES string of the molecule is C[C@H]1CC[C@@H](N=[N+]=[N-])CN1C(=O)O. The topological polar surface area (TPSA) is 89.3 Å². The lowest BCUT2D eigenvalue weighted by molar-refractivity contribution is 0.106. The molecule has 1 aliphatic rings. The van der Waals surface area contributed by atoms with Crippen LogP contribution in [-0.2, 0) is 0 Å². The van der Waals surface area contributed by atoms with Gasteiger partial charge in [0.2, 0.25) is 0 Å². The number of carbonyl (C=O) groups is 1. The fourth-order valence-electron chi connectivity index (χ4n) is 1.52. The van der Waals surface area contributed by atoms with Gasteiger partial charge in [-0.1, -0.05) is 5.11 Å². The number of carboxylic acid groups (broad SMARTS) is 1. The van der Waals surface area contributed by atoms with E-state index in [9.17, 15) is 4.79 Å². The number of piperidine rings is 1. The minimum atomic E-state index is -0.940.